The molecule has 0 fully saturated rings. The van der Waals surface area contributed by atoms with Crippen LogP contribution in [0, 0.1) is 11.3 Å². The molecule has 6 nitrogen and oxygen atoms in total. The second-order valence-corrected chi connectivity index (χ2v) is 6.52. The van der Waals surface area contributed by atoms with Crippen LogP contribution in [0.15, 0.2) is 34.0 Å². The van der Waals surface area contributed by atoms with Gasteiger partial charge in [0.15, 0.2) is 0 Å². The van der Waals surface area contributed by atoms with Crippen LogP contribution in [0.2, 0.25) is 5.02 Å². The first-order valence-electron chi connectivity index (χ1n) is 7.97. The van der Waals surface area contributed by atoms with E-state index in [4.69, 9.17) is 11.6 Å². The van der Waals surface area contributed by atoms with Gasteiger partial charge in [-0.25, -0.2) is 4.79 Å². The summed E-state index contributed by atoms with van der Waals surface area (Å²) in [5.41, 5.74) is 0.776. The maximum atomic E-state index is 12.4. The van der Waals surface area contributed by atoms with E-state index in [0.717, 1.165) is 5.39 Å². The molecule has 0 bridgehead atoms. The zero-order chi connectivity index (χ0) is 18.3. The number of fused-ring (bicyclic) bond motifs is 1. The van der Waals surface area contributed by atoms with E-state index in [-0.39, 0.29) is 5.92 Å². The fourth-order valence-electron chi connectivity index (χ4n) is 3.13. The summed E-state index contributed by atoms with van der Waals surface area (Å²) in [6, 6.07) is 7.25. The Morgan fingerprint density at radius 1 is 1.32 bits per heavy atom. The Hall–Kier alpha value is -2.78. The minimum absolute atomic E-state index is 0.0933. The second-order valence-electron chi connectivity index (χ2n) is 6.08. The molecule has 1 aromatic carbocycles. The molecule has 0 aliphatic heterocycles. The van der Waals surface area contributed by atoms with Crippen LogP contribution in [-0.2, 0) is 6.54 Å². The number of hydrogen-bond acceptors (Lipinski definition) is 3. The van der Waals surface area contributed by atoms with Gasteiger partial charge in [0.25, 0.3) is 5.56 Å². The Morgan fingerprint density at radius 3 is 2.64 bits per heavy atom. The predicted octanol–water partition coefficient (Wildman–Crippen LogP) is 3.15. The minimum Gasteiger partial charge on any atom is -0.302 e. The first kappa shape index (κ1) is 17.1. The lowest BCUT2D eigenvalue weighted by Crippen LogP contribution is -2.35. The summed E-state index contributed by atoms with van der Waals surface area (Å²) < 4.78 is 3.28. The number of rotatable bonds is 3. The third-order valence-corrected chi connectivity index (χ3v) is 4.44. The Kier molecular flexibility index (Phi) is 4.27. The normalized spacial score (nSPS) is 11.2. The van der Waals surface area contributed by atoms with Crippen LogP contribution in [0.3, 0.4) is 0 Å². The van der Waals surface area contributed by atoms with Crippen LogP contribution in [0.25, 0.3) is 16.7 Å². The van der Waals surface area contributed by atoms with Crippen molar-refractivity contribution in [2.24, 2.45) is 0 Å². The summed E-state index contributed by atoms with van der Waals surface area (Å²) in [6.07, 6.45) is 1.76. The summed E-state index contributed by atoms with van der Waals surface area (Å²) in [4.78, 5) is 27.1. The van der Waals surface area contributed by atoms with E-state index in [1.165, 1.54) is 4.57 Å². The van der Waals surface area contributed by atoms with Gasteiger partial charge >= 0.3 is 5.69 Å². The van der Waals surface area contributed by atoms with Crippen LogP contribution in [0.4, 0.5) is 0 Å². The van der Waals surface area contributed by atoms with E-state index in [0.29, 0.717) is 34.0 Å². The number of aromatic nitrogens is 3. The van der Waals surface area contributed by atoms with E-state index in [9.17, 15) is 14.9 Å². The number of benzene rings is 1. The third kappa shape index (κ3) is 2.67. The lowest BCUT2D eigenvalue weighted by molar-refractivity contribution is 0.644. The van der Waals surface area contributed by atoms with Gasteiger partial charge < -0.3 is 4.57 Å². The first-order valence-corrected chi connectivity index (χ1v) is 8.34. The van der Waals surface area contributed by atoms with Crippen molar-refractivity contribution in [1.82, 2.24) is 14.1 Å². The topological polar surface area (TPSA) is 83.6 Å². The predicted molar refractivity (Wildman–Crippen MR) is 97.6 cm³/mol. The van der Waals surface area contributed by atoms with E-state index >= 15 is 0 Å². The summed E-state index contributed by atoms with van der Waals surface area (Å²) >= 11 is 6.16. The number of nitrogens with one attached hydrogen (secondary N) is 1. The molecule has 0 saturated heterocycles. The average Bonchev–Trinajstić information content (AvgIpc) is 2.96. The fourth-order valence-corrected chi connectivity index (χ4v) is 3.35. The third-order valence-electron chi connectivity index (χ3n) is 4.22. The van der Waals surface area contributed by atoms with Crippen molar-refractivity contribution in [3.05, 3.63) is 61.4 Å². The highest BCUT2D eigenvalue weighted by atomic mass is 35.5. The van der Waals surface area contributed by atoms with Crippen LogP contribution in [-0.4, -0.2) is 14.1 Å². The lowest BCUT2D eigenvalue weighted by atomic mass is 10.1. The van der Waals surface area contributed by atoms with Crippen LogP contribution in [0.5, 0.6) is 0 Å². The minimum atomic E-state index is -0.462. The Balaban J connectivity index is 2.52. The number of hydrogen-bond donors (Lipinski definition) is 1. The fraction of sp³-hybridized carbons (Fsp3) is 0.278. The number of nitrogens with zero attached hydrogens (tertiary/aromatic N) is 3. The van der Waals surface area contributed by atoms with Crippen molar-refractivity contribution in [3.8, 4) is 11.9 Å². The molecule has 2 aromatic heterocycles. The molecule has 3 aromatic rings. The van der Waals surface area contributed by atoms with Crippen LogP contribution in [0.1, 0.15) is 37.8 Å². The standard InChI is InChI=1S/C18H17ClN4O2/c1-4-22-17(15(10(2)3)16(24)21-18(22)25)23-6-5-13-11(9-20)7-12(19)8-14(13)23/h5-8,10H,4H2,1-3H3,(H,21,24,25). The SMILES string of the molecule is CCn1c(-n2ccc3c(C#N)cc(Cl)cc32)c(C(C)C)c(=O)[nH]c1=O. The first-order chi connectivity index (χ1) is 11.9. The second kappa shape index (κ2) is 6.26. The van der Waals surface area contributed by atoms with Gasteiger partial charge in [-0.2, -0.15) is 5.26 Å². The van der Waals surface area contributed by atoms with E-state index in [1.54, 1.807) is 29.0 Å². The molecular formula is C18H17ClN4O2. The van der Waals surface area contributed by atoms with Gasteiger partial charge in [0.05, 0.1) is 22.7 Å². The van der Waals surface area contributed by atoms with Gasteiger partial charge in [0, 0.05) is 23.2 Å². The maximum absolute atomic E-state index is 12.4. The molecule has 0 radical (unpaired) electrons. The molecule has 2 heterocycles. The van der Waals surface area contributed by atoms with Crippen molar-refractivity contribution in [2.45, 2.75) is 33.2 Å². The van der Waals surface area contributed by atoms with Gasteiger partial charge in [-0.1, -0.05) is 25.4 Å². The highest BCUT2D eigenvalue weighted by Crippen LogP contribution is 2.29. The summed E-state index contributed by atoms with van der Waals surface area (Å²) in [5, 5.41) is 10.5. The van der Waals surface area contributed by atoms with E-state index in [1.807, 2.05) is 20.8 Å². The molecule has 0 aliphatic carbocycles. The molecule has 7 heteroatoms. The van der Waals surface area contributed by atoms with Gasteiger partial charge in [-0.3, -0.25) is 14.3 Å². The van der Waals surface area contributed by atoms with Crippen molar-refractivity contribution in [1.29, 1.82) is 5.26 Å². The zero-order valence-electron chi connectivity index (χ0n) is 14.1. The number of H-pyrrole nitrogens is 1. The molecule has 25 heavy (non-hydrogen) atoms. The van der Waals surface area contributed by atoms with Gasteiger partial charge in [0.2, 0.25) is 0 Å². The highest BCUT2D eigenvalue weighted by molar-refractivity contribution is 6.31. The largest absolute Gasteiger partial charge is 0.329 e. The average molecular weight is 357 g/mol. The monoisotopic (exact) mass is 356 g/mol. The summed E-state index contributed by atoms with van der Waals surface area (Å²) in [6.45, 7) is 6.04. The van der Waals surface area contributed by atoms with Crippen molar-refractivity contribution < 1.29 is 0 Å². The smallest absolute Gasteiger partial charge is 0.302 e. The molecule has 0 saturated carbocycles. The summed E-state index contributed by atoms with van der Waals surface area (Å²) in [5.74, 6) is 0.414. The lowest BCUT2D eigenvalue weighted by Gasteiger charge is -2.18. The zero-order valence-corrected chi connectivity index (χ0v) is 14.9. The number of halogens is 1. The molecule has 0 amide bonds. The molecule has 0 spiro atoms. The Morgan fingerprint density at radius 2 is 2.04 bits per heavy atom. The quantitative estimate of drug-likeness (QED) is 0.782. The molecule has 0 atom stereocenters. The molecule has 128 valence electrons. The van der Waals surface area contributed by atoms with Crippen molar-refractivity contribution in [3.63, 3.8) is 0 Å². The molecule has 0 unspecified atom stereocenters. The molecular weight excluding hydrogens is 340 g/mol. The number of aromatic amines is 1. The van der Waals surface area contributed by atoms with Gasteiger partial charge in [-0.05, 0) is 31.0 Å². The van der Waals surface area contributed by atoms with Crippen LogP contribution < -0.4 is 11.2 Å². The van der Waals surface area contributed by atoms with Crippen molar-refractivity contribution in [2.75, 3.05) is 0 Å². The molecule has 1 N–H and O–H groups in total. The van der Waals surface area contributed by atoms with E-state index < -0.39 is 11.2 Å². The maximum Gasteiger partial charge on any atom is 0.329 e. The highest BCUT2D eigenvalue weighted by Gasteiger charge is 2.20. The van der Waals surface area contributed by atoms with Crippen LogP contribution >= 0.6 is 11.6 Å². The van der Waals surface area contributed by atoms with Gasteiger partial charge in [-0.15, -0.1) is 0 Å². The number of nitriles is 1. The molecule has 0 aliphatic rings. The van der Waals surface area contributed by atoms with Gasteiger partial charge in [0.1, 0.15) is 5.82 Å². The Labute approximate surface area is 148 Å². The Bertz CT molecular complexity index is 1130. The molecule has 3 rings (SSSR count). The van der Waals surface area contributed by atoms with Crippen molar-refractivity contribution >= 4 is 22.5 Å². The van der Waals surface area contributed by atoms with E-state index in [2.05, 4.69) is 11.1 Å². The summed E-state index contributed by atoms with van der Waals surface area (Å²) in [7, 11) is 0.